The summed E-state index contributed by atoms with van der Waals surface area (Å²) in [5.41, 5.74) is 6.02. The van der Waals surface area contributed by atoms with Crippen molar-refractivity contribution in [1.82, 2.24) is 0 Å². The minimum Gasteiger partial charge on any atom is -1.00 e. The highest BCUT2D eigenvalue weighted by Crippen LogP contribution is 2.34. The van der Waals surface area contributed by atoms with Gasteiger partial charge < -0.3 is 17.0 Å². The molecule has 0 spiro atoms. The van der Waals surface area contributed by atoms with E-state index in [-0.39, 0.29) is 17.0 Å². The molecule has 2 aromatic rings. The van der Waals surface area contributed by atoms with Gasteiger partial charge in [0.2, 0.25) is 0 Å². The van der Waals surface area contributed by atoms with Crippen LogP contribution in [0.25, 0.3) is 0 Å². The van der Waals surface area contributed by atoms with E-state index >= 15 is 0 Å². The lowest BCUT2D eigenvalue weighted by atomic mass is 9.78. The summed E-state index contributed by atoms with van der Waals surface area (Å²) in [6, 6.07) is 17.4. The normalized spacial score (nSPS) is 19.8. The molecule has 1 aliphatic carbocycles. The third kappa shape index (κ3) is 3.60. The van der Waals surface area contributed by atoms with Crippen LogP contribution in [-0.2, 0) is 12.8 Å². The minimum absolute atomic E-state index is 0. The zero-order valence-electron chi connectivity index (χ0n) is 13.8. The monoisotopic (exact) mass is 403 g/mol. The van der Waals surface area contributed by atoms with Crippen LogP contribution in [0.3, 0.4) is 0 Å². The number of aryl methyl sites for hydroxylation is 1. The van der Waals surface area contributed by atoms with E-state index in [0.29, 0.717) is 5.92 Å². The summed E-state index contributed by atoms with van der Waals surface area (Å²) < 4.78 is 2.66. The summed E-state index contributed by atoms with van der Waals surface area (Å²) in [5.74, 6) is 0.511. The van der Waals surface area contributed by atoms with Crippen molar-refractivity contribution in [2.45, 2.75) is 38.0 Å². The Morgan fingerprint density at radius 3 is 2.46 bits per heavy atom. The number of hydrogen-bond acceptors (Lipinski definition) is 0. The van der Waals surface area contributed by atoms with E-state index in [1.165, 1.54) is 49.0 Å². The molecule has 24 heavy (non-hydrogen) atoms. The second-order valence-corrected chi connectivity index (χ2v) is 7.21. The highest BCUT2D eigenvalue weighted by molar-refractivity contribution is 6.30. The van der Waals surface area contributed by atoms with Crippen LogP contribution in [0.15, 0.2) is 48.5 Å². The lowest BCUT2D eigenvalue weighted by Gasteiger charge is -2.26. The predicted octanol–water partition coefficient (Wildman–Crippen LogP) is 1.86. The average molecular weight is 405 g/mol. The van der Waals surface area contributed by atoms with Crippen molar-refractivity contribution in [3.63, 3.8) is 0 Å². The molecule has 1 heterocycles. The van der Waals surface area contributed by atoms with Gasteiger partial charge in [0, 0.05) is 24.3 Å². The van der Waals surface area contributed by atoms with Gasteiger partial charge in [-0.05, 0) is 41.7 Å². The van der Waals surface area contributed by atoms with Crippen LogP contribution in [0, 0.1) is 0 Å². The van der Waals surface area contributed by atoms with E-state index in [9.17, 15) is 0 Å². The number of fused-ring (bicyclic) bond motifs is 1. The summed E-state index contributed by atoms with van der Waals surface area (Å²) in [4.78, 5) is 0. The maximum absolute atomic E-state index is 6.23. The second kappa shape index (κ2) is 7.84. The molecule has 1 aliphatic heterocycles. The van der Waals surface area contributed by atoms with Crippen molar-refractivity contribution in [3.8, 4) is 0 Å². The van der Waals surface area contributed by atoms with E-state index in [4.69, 9.17) is 11.6 Å². The first kappa shape index (κ1) is 17.7. The number of rotatable bonds is 2. The zero-order chi connectivity index (χ0) is 15.6. The third-order valence-corrected chi connectivity index (χ3v) is 5.56. The second-order valence-electron chi connectivity index (χ2n) is 6.77. The van der Waals surface area contributed by atoms with Gasteiger partial charge in [0.15, 0.2) is 5.71 Å². The molecule has 1 unspecified atom stereocenters. The van der Waals surface area contributed by atoms with Gasteiger partial charge in [0.05, 0.1) is 5.92 Å². The van der Waals surface area contributed by atoms with Gasteiger partial charge >= 0.3 is 0 Å². The smallest absolute Gasteiger partial charge is 0.160 e. The SMILES string of the molecule is Clc1ccc2c(c1)CCC(=[N+]1CCCC1)C2Cc1ccccc1.[Br-]. The van der Waals surface area contributed by atoms with Crippen molar-refractivity contribution in [3.05, 3.63) is 70.2 Å². The fraction of sp³-hybridized carbons (Fsp3) is 0.381. The largest absolute Gasteiger partial charge is 1.00 e. The molecule has 0 aromatic heterocycles. The quantitative estimate of drug-likeness (QED) is 0.672. The first-order valence-corrected chi connectivity index (χ1v) is 9.12. The van der Waals surface area contributed by atoms with Gasteiger partial charge in [-0.1, -0.05) is 48.0 Å². The fourth-order valence-electron chi connectivity index (χ4n) is 4.21. The predicted molar refractivity (Wildman–Crippen MR) is 96.9 cm³/mol. The van der Waals surface area contributed by atoms with Crippen molar-refractivity contribution in [1.29, 1.82) is 0 Å². The van der Waals surface area contributed by atoms with Crippen LogP contribution in [0.1, 0.15) is 41.9 Å². The molecule has 0 saturated carbocycles. The summed E-state index contributed by atoms with van der Waals surface area (Å²) in [6.07, 6.45) is 6.10. The maximum atomic E-state index is 6.23. The zero-order valence-corrected chi connectivity index (χ0v) is 16.2. The molecule has 0 N–H and O–H groups in total. The van der Waals surface area contributed by atoms with Crippen LogP contribution in [-0.4, -0.2) is 23.4 Å². The Morgan fingerprint density at radius 2 is 1.71 bits per heavy atom. The number of halogens is 2. The molecule has 0 amide bonds. The summed E-state index contributed by atoms with van der Waals surface area (Å²) in [7, 11) is 0. The first-order chi connectivity index (χ1) is 11.3. The van der Waals surface area contributed by atoms with Gasteiger partial charge in [0.1, 0.15) is 13.1 Å². The highest BCUT2D eigenvalue weighted by atomic mass is 79.9. The number of benzene rings is 2. The lowest BCUT2D eigenvalue weighted by Crippen LogP contribution is -3.00. The van der Waals surface area contributed by atoms with Crippen LogP contribution < -0.4 is 17.0 Å². The lowest BCUT2D eigenvalue weighted by molar-refractivity contribution is -0.509. The van der Waals surface area contributed by atoms with E-state index in [1.54, 1.807) is 5.71 Å². The number of nitrogens with zero attached hydrogens (tertiary/aromatic N) is 1. The van der Waals surface area contributed by atoms with E-state index < -0.39 is 0 Å². The molecule has 126 valence electrons. The van der Waals surface area contributed by atoms with Crippen molar-refractivity contribution in [2.75, 3.05) is 13.1 Å². The van der Waals surface area contributed by atoms with E-state index in [2.05, 4.69) is 53.1 Å². The third-order valence-electron chi connectivity index (χ3n) is 5.33. The molecule has 0 radical (unpaired) electrons. The van der Waals surface area contributed by atoms with Gasteiger partial charge in [-0.3, -0.25) is 0 Å². The molecule has 1 saturated heterocycles. The summed E-state index contributed by atoms with van der Waals surface area (Å²) in [5, 5.41) is 0.867. The standard InChI is InChI=1S/C21H23ClN.BrH/c22-18-9-10-19-17(15-18)8-11-21(23-12-4-5-13-23)20(19)14-16-6-2-1-3-7-16;/h1-3,6-7,9-10,15,20H,4-5,8,11-14H2;1H/q+1;/p-1. The summed E-state index contributed by atoms with van der Waals surface area (Å²) >= 11 is 6.23. The summed E-state index contributed by atoms with van der Waals surface area (Å²) in [6.45, 7) is 2.48. The minimum atomic E-state index is 0. The van der Waals surface area contributed by atoms with Crippen molar-refractivity contribution >= 4 is 17.3 Å². The molecular weight excluding hydrogens is 382 g/mol. The van der Waals surface area contributed by atoms with Gasteiger partial charge in [-0.25, -0.2) is 4.58 Å². The Bertz CT molecular complexity index is 731. The van der Waals surface area contributed by atoms with E-state index in [0.717, 1.165) is 17.9 Å². The molecule has 3 heteroatoms. The number of hydrogen-bond donors (Lipinski definition) is 0. The molecule has 1 atom stereocenters. The van der Waals surface area contributed by atoms with Crippen LogP contribution in [0.2, 0.25) is 5.02 Å². The topological polar surface area (TPSA) is 3.01 Å². The molecule has 1 fully saturated rings. The van der Waals surface area contributed by atoms with Crippen molar-refractivity contribution < 1.29 is 21.6 Å². The van der Waals surface area contributed by atoms with Crippen LogP contribution >= 0.6 is 11.6 Å². The van der Waals surface area contributed by atoms with Gasteiger partial charge in [-0.2, -0.15) is 0 Å². The molecular formula is C21H23BrClN. The molecule has 1 nitrogen and oxygen atoms in total. The Balaban J connectivity index is 0.00000169. The first-order valence-electron chi connectivity index (χ1n) is 8.74. The molecule has 0 bridgehead atoms. The van der Waals surface area contributed by atoms with Crippen LogP contribution in [0.5, 0.6) is 0 Å². The Labute approximate surface area is 160 Å². The van der Waals surface area contributed by atoms with E-state index in [1.807, 2.05) is 0 Å². The average Bonchev–Trinajstić information content (AvgIpc) is 3.10. The Hall–Kier alpha value is -1.12. The Kier molecular flexibility index (Phi) is 5.78. The fourth-order valence-corrected chi connectivity index (χ4v) is 4.40. The molecule has 2 aromatic carbocycles. The Morgan fingerprint density at radius 1 is 0.958 bits per heavy atom. The molecule has 4 rings (SSSR count). The van der Waals surface area contributed by atoms with Gasteiger partial charge in [-0.15, -0.1) is 0 Å². The van der Waals surface area contributed by atoms with Crippen LogP contribution in [0.4, 0.5) is 0 Å². The van der Waals surface area contributed by atoms with Crippen molar-refractivity contribution in [2.24, 2.45) is 0 Å². The van der Waals surface area contributed by atoms with Gasteiger partial charge in [0.25, 0.3) is 0 Å². The maximum Gasteiger partial charge on any atom is 0.160 e. The molecule has 2 aliphatic rings. The highest BCUT2D eigenvalue weighted by Gasteiger charge is 2.33.